The summed E-state index contributed by atoms with van der Waals surface area (Å²) in [4.78, 5) is 16.1. The molecule has 1 aromatic carbocycles. The summed E-state index contributed by atoms with van der Waals surface area (Å²) in [5, 5.41) is 0. The molecule has 1 unspecified atom stereocenters. The molecule has 7 heteroatoms. The number of likely N-dealkylation sites (N-methyl/N-ethyl adjacent to an activating group) is 2. The van der Waals surface area contributed by atoms with Crippen molar-refractivity contribution in [2.75, 3.05) is 39.0 Å². The number of methoxy groups -OCH3 is 1. The first kappa shape index (κ1) is 28.8. The third kappa shape index (κ3) is 12.0. The van der Waals surface area contributed by atoms with Crippen LogP contribution in [0.3, 0.4) is 0 Å². The Bertz CT molecular complexity index is 756. The van der Waals surface area contributed by atoms with Gasteiger partial charge in [-0.1, -0.05) is 74.6 Å². The van der Waals surface area contributed by atoms with E-state index in [0.717, 1.165) is 23.6 Å². The summed E-state index contributed by atoms with van der Waals surface area (Å²) >= 11 is 3.89. The van der Waals surface area contributed by atoms with E-state index in [1.807, 2.05) is 67.4 Å². The molecule has 0 saturated heterocycles. The minimum Gasteiger partial charge on any atom is -0.497 e. The first-order valence-corrected chi connectivity index (χ1v) is 12.0. The average Bonchev–Trinajstić information content (AvgIpc) is 2.83. The zero-order valence-corrected chi connectivity index (χ0v) is 21.6. The van der Waals surface area contributed by atoms with Crippen molar-refractivity contribution in [1.29, 1.82) is 0 Å². The van der Waals surface area contributed by atoms with E-state index in [9.17, 15) is 4.79 Å². The number of carbonyl (C=O) groups excluding carboxylic acids is 1. The first-order valence-electron chi connectivity index (χ1n) is 11.5. The fraction of sp³-hybridized carbons (Fsp3) is 0.500. The van der Waals surface area contributed by atoms with Crippen LogP contribution in [-0.4, -0.2) is 56.2 Å². The lowest BCUT2D eigenvalue weighted by molar-refractivity contribution is -0.134. The molecular formula is C26H42N4O2S. The second-order valence-corrected chi connectivity index (χ2v) is 8.81. The van der Waals surface area contributed by atoms with Crippen molar-refractivity contribution in [3.63, 3.8) is 0 Å². The quantitative estimate of drug-likeness (QED) is 0.256. The van der Waals surface area contributed by atoms with E-state index in [2.05, 4.69) is 24.1 Å². The summed E-state index contributed by atoms with van der Waals surface area (Å²) in [6, 6.07) is 7.56. The number of allylic oxidation sites excluding steroid dienone is 4. The van der Waals surface area contributed by atoms with Crippen molar-refractivity contribution in [3.05, 3.63) is 60.7 Å². The van der Waals surface area contributed by atoms with Gasteiger partial charge in [0.25, 0.3) is 5.91 Å². The Balaban J connectivity index is 0.000000451. The Hall–Kier alpha value is -2.22. The maximum absolute atomic E-state index is 12.4. The van der Waals surface area contributed by atoms with Gasteiger partial charge in [-0.2, -0.15) is 0 Å². The van der Waals surface area contributed by atoms with Gasteiger partial charge in [0.1, 0.15) is 11.9 Å². The van der Waals surface area contributed by atoms with Crippen LogP contribution in [0.25, 0.3) is 0 Å². The number of nitrogens with two attached hydrogens (primary N) is 1. The number of ether oxygens (including phenoxy) is 1. The molecule has 0 spiro atoms. The first-order chi connectivity index (χ1) is 15.8. The van der Waals surface area contributed by atoms with Gasteiger partial charge in [-0.3, -0.25) is 9.69 Å². The van der Waals surface area contributed by atoms with Crippen LogP contribution in [0.4, 0.5) is 5.69 Å². The molecule has 2 rings (SSSR count). The maximum atomic E-state index is 12.4. The summed E-state index contributed by atoms with van der Waals surface area (Å²) in [5.74, 6) is 1.49. The molecule has 1 aliphatic carbocycles. The van der Waals surface area contributed by atoms with Gasteiger partial charge in [0.15, 0.2) is 0 Å². The number of rotatable bonds is 10. The minimum absolute atomic E-state index is 0.0307. The van der Waals surface area contributed by atoms with Crippen LogP contribution in [0.15, 0.2) is 60.7 Å². The summed E-state index contributed by atoms with van der Waals surface area (Å²) in [7, 11) is 5.39. The highest BCUT2D eigenvalue weighted by Gasteiger charge is 2.24. The smallest absolute Gasteiger partial charge is 0.254 e. The second kappa shape index (κ2) is 16.4. The standard InChI is InChI=1S/C19H33N3O.C7H9NOS/c1-16(2)11-7-6-10-14-21(3)19(23)18(20)22(4)15-17-12-8-5-9-13-17;1-9-7-4-2-3-6(5-7)8-10/h6-7,10-11,17-18H,1,5,8-9,12-15,20H2,2-4H3;2-5,8,10H,1H3/b10-6-,11-7-;. The molecule has 0 bridgehead atoms. The number of nitrogens with one attached hydrogen (secondary N) is 1. The van der Waals surface area contributed by atoms with Crippen molar-refractivity contribution >= 4 is 24.4 Å². The molecule has 1 saturated carbocycles. The number of benzene rings is 1. The van der Waals surface area contributed by atoms with Crippen molar-refractivity contribution in [1.82, 2.24) is 9.80 Å². The predicted molar refractivity (Wildman–Crippen MR) is 144 cm³/mol. The third-order valence-corrected chi connectivity index (χ3v) is 5.84. The van der Waals surface area contributed by atoms with Crippen LogP contribution >= 0.6 is 12.8 Å². The molecule has 0 aliphatic heterocycles. The van der Waals surface area contributed by atoms with E-state index in [4.69, 9.17) is 10.5 Å². The number of thiol groups is 1. The molecule has 1 aromatic rings. The Morgan fingerprint density at radius 2 is 2.00 bits per heavy atom. The molecule has 1 aliphatic rings. The lowest BCUT2D eigenvalue weighted by atomic mass is 9.89. The molecule has 1 amide bonds. The van der Waals surface area contributed by atoms with E-state index >= 15 is 0 Å². The van der Waals surface area contributed by atoms with Crippen molar-refractivity contribution in [3.8, 4) is 5.75 Å². The topological polar surface area (TPSA) is 70.8 Å². The number of amides is 1. The Morgan fingerprint density at radius 1 is 1.30 bits per heavy atom. The molecule has 0 aromatic heterocycles. The highest BCUT2D eigenvalue weighted by atomic mass is 32.1. The molecule has 0 radical (unpaired) electrons. The highest BCUT2D eigenvalue weighted by molar-refractivity contribution is 7.81. The SMILES string of the molecule is C=C(C)/C=C\C=C/CN(C)C(=O)C(N)N(C)CC1CCCCC1.COc1cccc(NS)c1. The Labute approximate surface area is 206 Å². The molecule has 0 heterocycles. The fourth-order valence-corrected chi connectivity index (χ4v) is 3.74. The molecular weight excluding hydrogens is 432 g/mol. The molecule has 6 nitrogen and oxygen atoms in total. The van der Waals surface area contributed by atoms with E-state index in [1.54, 1.807) is 19.1 Å². The van der Waals surface area contributed by atoms with Crippen LogP contribution < -0.4 is 15.2 Å². The summed E-state index contributed by atoms with van der Waals surface area (Å²) < 4.78 is 7.70. The number of hydrogen-bond acceptors (Lipinski definition) is 6. The minimum atomic E-state index is -0.554. The van der Waals surface area contributed by atoms with Gasteiger partial charge in [0.2, 0.25) is 0 Å². The molecule has 3 N–H and O–H groups in total. The van der Waals surface area contributed by atoms with E-state index in [1.165, 1.54) is 32.1 Å². The van der Waals surface area contributed by atoms with Gasteiger partial charge in [-0.25, -0.2) is 0 Å². The van der Waals surface area contributed by atoms with Gasteiger partial charge in [-0.05, 0) is 44.9 Å². The van der Waals surface area contributed by atoms with Crippen LogP contribution in [0.2, 0.25) is 0 Å². The summed E-state index contributed by atoms with van der Waals surface area (Å²) in [5.41, 5.74) is 8.07. The number of anilines is 1. The third-order valence-electron chi connectivity index (χ3n) is 5.58. The zero-order valence-electron chi connectivity index (χ0n) is 20.7. The maximum Gasteiger partial charge on any atom is 0.254 e. The fourth-order valence-electron chi connectivity index (χ4n) is 3.60. The number of hydrogen-bond donors (Lipinski definition) is 3. The van der Waals surface area contributed by atoms with Crippen LogP contribution in [-0.2, 0) is 4.79 Å². The van der Waals surface area contributed by atoms with Crippen molar-refractivity contribution < 1.29 is 9.53 Å². The lowest BCUT2D eigenvalue weighted by Gasteiger charge is -2.31. The van der Waals surface area contributed by atoms with Gasteiger partial charge in [0.05, 0.1) is 7.11 Å². The largest absolute Gasteiger partial charge is 0.497 e. The van der Waals surface area contributed by atoms with Crippen LogP contribution in [0.5, 0.6) is 5.75 Å². The molecule has 1 fully saturated rings. The van der Waals surface area contributed by atoms with Gasteiger partial charge in [0, 0.05) is 31.9 Å². The monoisotopic (exact) mass is 474 g/mol. The zero-order chi connectivity index (χ0) is 24.6. The van der Waals surface area contributed by atoms with E-state index in [0.29, 0.717) is 12.5 Å². The number of carbonyl (C=O) groups is 1. The normalized spacial score (nSPS) is 15.2. The number of nitrogens with zero attached hydrogens (tertiary/aromatic N) is 2. The highest BCUT2D eigenvalue weighted by Crippen LogP contribution is 2.24. The molecule has 1 atom stereocenters. The Morgan fingerprint density at radius 3 is 2.61 bits per heavy atom. The lowest BCUT2D eigenvalue weighted by Crippen LogP contribution is -2.52. The van der Waals surface area contributed by atoms with Gasteiger partial charge in [-0.15, -0.1) is 0 Å². The summed E-state index contributed by atoms with van der Waals surface area (Å²) in [6.45, 7) is 7.22. The predicted octanol–water partition coefficient (Wildman–Crippen LogP) is 4.88. The molecule has 184 valence electrons. The van der Waals surface area contributed by atoms with Crippen molar-refractivity contribution in [2.45, 2.75) is 45.2 Å². The Kier molecular flexibility index (Phi) is 14.3. The van der Waals surface area contributed by atoms with Crippen LogP contribution in [0.1, 0.15) is 39.0 Å². The van der Waals surface area contributed by atoms with E-state index in [-0.39, 0.29) is 5.91 Å². The molecule has 33 heavy (non-hydrogen) atoms. The van der Waals surface area contributed by atoms with Gasteiger partial charge >= 0.3 is 0 Å². The van der Waals surface area contributed by atoms with Gasteiger partial charge < -0.3 is 20.1 Å². The summed E-state index contributed by atoms with van der Waals surface area (Å²) in [6.07, 6.45) is 13.7. The van der Waals surface area contributed by atoms with Crippen molar-refractivity contribution in [2.24, 2.45) is 11.7 Å². The van der Waals surface area contributed by atoms with E-state index < -0.39 is 6.17 Å². The second-order valence-electron chi connectivity index (χ2n) is 8.58. The van der Waals surface area contributed by atoms with Crippen LogP contribution in [0, 0.1) is 5.92 Å². The average molecular weight is 475 g/mol.